The predicted octanol–water partition coefficient (Wildman–Crippen LogP) is 5.14. The van der Waals surface area contributed by atoms with Crippen molar-refractivity contribution in [3.05, 3.63) is 0 Å². The minimum absolute atomic E-state index is 0.0189. The standard InChI is InChI=1S/C27H44O5/c1-16(6-9-24(30)31-5)20-7-8-21-25-22(11-13-27(20,21)4)26(3)12-10-19(29)14-18(26)15-23(25)32-17(2)28/h16,18-23,25,29H,6-15H2,1-5H3/t16-,18-,19+,20+,21-,22-,23-,25-,26+,27+/m1/s1. The van der Waals surface area contributed by atoms with Crippen LogP contribution in [0.4, 0.5) is 0 Å². The molecule has 0 amide bonds. The second-order valence-corrected chi connectivity index (χ2v) is 12.1. The van der Waals surface area contributed by atoms with Gasteiger partial charge in [0.2, 0.25) is 0 Å². The number of esters is 2. The van der Waals surface area contributed by atoms with Gasteiger partial charge in [-0.1, -0.05) is 20.8 Å². The molecule has 4 aliphatic carbocycles. The molecule has 0 spiro atoms. The van der Waals surface area contributed by atoms with Crippen molar-refractivity contribution in [2.45, 2.75) is 104 Å². The third-order valence-corrected chi connectivity index (χ3v) is 10.7. The molecule has 0 bridgehead atoms. The molecule has 0 heterocycles. The van der Waals surface area contributed by atoms with Crippen LogP contribution in [0.15, 0.2) is 0 Å². The van der Waals surface area contributed by atoms with Crippen molar-refractivity contribution in [2.24, 2.45) is 46.3 Å². The molecule has 5 nitrogen and oxygen atoms in total. The zero-order valence-corrected chi connectivity index (χ0v) is 20.8. The number of hydrogen-bond donors (Lipinski definition) is 1. The van der Waals surface area contributed by atoms with E-state index in [0.717, 1.165) is 32.1 Å². The molecule has 4 aliphatic rings. The lowest BCUT2D eigenvalue weighted by Gasteiger charge is -2.62. The minimum Gasteiger partial charge on any atom is -0.469 e. The van der Waals surface area contributed by atoms with Crippen molar-refractivity contribution in [1.29, 1.82) is 0 Å². The Morgan fingerprint density at radius 3 is 2.41 bits per heavy atom. The third-order valence-electron chi connectivity index (χ3n) is 10.7. The largest absolute Gasteiger partial charge is 0.469 e. The van der Waals surface area contributed by atoms with Crippen LogP contribution in [0, 0.1) is 46.3 Å². The number of hydrogen-bond acceptors (Lipinski definition) is 5. The molecule has 182 valence electrons. The Hall–Kier alpha value is -1.10. The van der Waals surface area contributed by atoms with E-state index in [0.29, 0.717) is 41.9 Å². The number of rotatable bonds is 5. The van der Waals surface area contributed by atoms with E-state index in [1.165, 1.54) is 32.8 Å². The molecule has 4 fully saturated rings. The van der Waals surface area contributed by atoms with Gasteiger partial charge in [0, 0.05) is 19.3 Å². The van der Waals surface area contributed by atoms with Gasteiger partial charge in [0.15, 0.2) is 0 Å². The first kappa shape index (κ1) is 24.0. The van der Waals surface area contributed by atoms with Gasteiger partial charge in [-0.2, -0.15) is 0 Å². The van der Waals surface area contributed by atoms with Crippen LogP contribution in [-0.2, 0) is 19.1 Å². The number of fused-ring (bicyclic) bond motifs is 5. The molecular weight excluding hydrogens is 404 g/mol. The quantitative estimate of drug-likeness (QED) is 0.590. The van der Waals surface area contributed by atoms with Crippen LogP contribution in [0.5, 0.6) is 0 Å². The van der Waals surface area contributed by atoms with Crippen molar-refractivity contribution < 1.29 is 24.2 Å². The van der Waals surface area contributed by atoms with Gasteiger partial charge in [-0.25, -0.2) is 0 Å². The van der Waals surface area contributed by atoms with Gasteiger partial charge in [0.05, 0.1) is 13.2 Å². The summed E-state index contributed by atoms with van der Waals surface area (Å²) in [7, 11) is 1.47. The molecule has 0 radical (unpaired) electrons. The van der Waals surface area contributed by atoms with Gasteiger partial charge in [0.1, 0.15) is 6.10 Å². The molecule has 10 atom stereocenters. The van der Waals surface area contributed by atoms with E-state index < -0.39 is 0 Å². The molecule has 0 aromatic heterocycles. The van der Waals surface area contributed by atoms with E-state index in [2.05, 4.69) is 20.8 Å². The molecule has 4 rings (SSSR count). The highest BCUT2D eigenvalue weighted by atomic mass is 16.5. The topological polar surface area (TPSA) is 72.8 Å². The highest BCUT2D eigenvalue weighted by Crippen LogP contribution is 2.68. The van der Waals surface area contributed by atoms with Crippen LogP contribution < -0.4 is 0 Å². The van der Waals surface area contributed by atoms with Gasteiger partial charge in [-0.05, 0) is 98.2 Å². The first-order valence-corrected chi connectivity index (χ1v) is 13.0. The molecule has 32 heavy (non-hydrogen) atoms. The summed E-state index contributed by atoms with van der Waals surface area (Å²) in [4.78, 5) is 23.8. The van der Waals surface area contributed by atoms with Gasteiger partial charge in [0.25, 0.3) is 0 Å². The fourth-order valence-electron chi connectivity index (χ4n) is 9.13. The van der Waals surface area contributed by atoms with Crippen molar-refractivity contribution in [2.75, 3.05) is 7.11 Å². The van der Waals surface area contributed by atoms with E-state index in [1.54, 1.807) is 6.92 Å². The highest BCUT2D eigenvalue weighted by Gasteiger charge is 2.63. The Bertz CT molecular complexity index is 721. The number of ether oxygens (including phenoxy) is 2. The van der Waals surface area contributed by atoms with E-state index in [1.807, 2.05) is 0 Å². The van der Waals surface area contributed by atoms with Crippen LogP contribution in [0.3, 0.4) is 0 Å². The van der Waals surface area contributed by atoms with Gasteiger partial charge in [-0.3, -0.25) is 9.59 Å². The number of carbonyl (C=O) groups is 2. The SMILES string of the molecule is COC(=O)CC[C@@H](C)[C@@H]1CC[C@@H]2[C@@H]3[C@@H](CC[C@]21C)[C@@]1(C)CC[C@H](O)C[C@@H]1C[C@H]3OC(C)=O. The molecule has 0 aromatic carbocycles. The third kappa shape index (κ3) is 4.01. The van der Waals surface area contributed by atoms with Crippen LogP contribution in [0.1, 0.15) is 91.9 Å². The Morgan fingerprint density at radius 1 is 1.03 bits per heavy atom. The average Bonchev–Trinajstić information content (AvgIpc) is 3.09. The summed E-state index contributed by atoms with van der Waals surface area (Å²) in [5, 5.41) is 10.4. The maximum absolute atomic E-state index is 12.1. The Labute approximate surface area is 194 Å². The normalized spacial score (nSPS) is 46.4. The van der Waals surface area contributed by atoms with Gasteiger partial charge in [-0.15, -0.1) is 0 Å². The molecule has 0 aromatic rings. The second kappa shape index (κ2) is 8.92. The van der Waals surface area contributed by atoms with Crippen molar-refractivity contribution in [3.63, 3.8) is 0 Å². The summed E-state index contributed by atoms with van der Waals surface area (Å²) < 4.78 is 10.9. The molecule has 0 aliphatic heterocycles. The molecular formula is C27H44O5. The van der Waals surface area contributed by atoms with E-state index >= 15 is 0 Å². The first-order chi connectivity index (χ1) is 15.1. The second-order valence-electron chi connectivity index (χ2n) is 12.1. The Balaban J connectivity index is 1.59. The fourth-order valence-corrected chi connectivity index (χ4v) is 9.13. The maximum atomic E-state index is 12.1. The number of aliphatic hydroxyl groups is 1. The summed E-state index contributed by atoms with van der Waals surface area (Å²) >= 11 is 0. The summed E-state index contributed by atoms with van der Waals surface area (Å²) in [5.74, 6) is 2.83. The Morgan fingerprint density at radius 2 is 1.72 bits per heavy atom. The lowest BCUT2D eigenvalue weighted by atomic mass is 9.43. The Kier molecular flexibility index (Phi) is 6.70. The van der Waals surface area contributed by atoms with E-state index in [-0.39, 0.29) is 35.0 Å². The fraction of sp³-hybridized carbons (Fsp3) is 0.926. The van der Waals surface area contributed by atoms with Crippen LogP contribution in [0.2, 0.25) is 0 Å². The van der Waals surface area contributed by atoms with Gasteiger partial charge < -0.3 is 14.6 Å². The molecule has 4 saturated carbocycles. The van der Waals surface area contributed by atoms with Gasteiger partial charge >= 0.3 is 11.9 Å². The lowest BCUT2D eigenvalue weighted by molar-refractivity contribution is -0.194. The highest BCUT2D eigenvalue weighted by molar-refractivity contribution is 5.69. The van der Waals surface area contributed by atoms with Crippen molar-refractivity contribution >= 4 is 11.9 Å². The van der Waals surface area contributed by atoms with Crippen LogP contribution in [-0.4, -0.2) is 36.4 Å². The monoisotopic (exact) mass is 448 g/mol. The summed E-state index contributed by atoms with van der Waals surface area (Å²) in [6.07, 6.45) is 9.75. The zero-order valence-electron chi connectivity index (χ0n) is 20.8. The molecule has 1 N–H and O–H groups in total. The zero-order chi connectivity index (χ0) is 23.3. The summed E-state index contributed by atoms with van der Waals surface area (Å²) in [6.45, 7) is 8.83. The molecule has 5 heteroatoms. The number of methoxy groups -OCH3 is 1. The van der Waals surface area contributed by atoms with Crippen LogP contribution in [0.25, 0.3) is 0 Å². The number of carbonyl (C=O) groups excluding carboxylic acids is 2. The van der Waals surface area contributed by atoms with Crippen LogP contribution >= 0.6 is 0 Å². The van der Waals surface area contributed by atoms with E-state index in [9.17, 15) is 14.7 Å². The molecule has 0 saturated heterocycles. The lowest BCUT2D eigenvalue weighted by Crippen LogP contribution is -2.59. The minimum atomic E-state index is -0.206. The van der Waals surface area contributed by atoms with Crippen molar-refractivity contribution in [1.82, 2.24) is 0 Å². The number of aliphatic hydroxyl groups excluding tert-OH is 1. The average molecular weight is 449 g/mol. The predicted molar refractivity (Wildman–Crippen MR) is 123 cm³/mol. The maximum Gasteiger partial charge on any atom is 0.305 e. The smallest absolute Gasteiger partial charge is 0.305 e. The summed E-state index contributed by atoms with van der Waals surface area (Å²) in [5.41, 5.74) is 0.489. The first-order valence-electron chi connectivity index (χ1n) is 13.0. The van der Waals surface area contributed by atoms with Crippen molar-refractivity contribution in [3.8, 4) is 0 Å². The summed E-state index contributed by atoms with van der Waals surface area (Å²) in [6, 6.07) is 0. The molecule has 0 unspecified atom stereocenters. The van der Waals surface area contributed by atoms with E-state index in [4.69, 9.17) is 9.47 Å².